The van der Waals surface area contributed by atoms with Crippen molar-refractivity contribution in [2.75, 3.05) is 0 Å². The van der Waals surface area contributed by atoms with Crippen molar-refractivity contribution >= 4 is 34.4 Å². The van der Waals surface area contributed by atoms with Crippen molar-refractivity contribution in [3.8, 4) is 0 Å². The zero-order valence-electron chi connectivity index (χ0n) is 15.1. The molecule has 8 nitrogen and oxygen atoms in total. The van der Waals surface area contributed by atoms with Crippen LogP contribution >= 0.6 is 0 Å². The van der Waals surface area contributed by atoms with Crippen molar-refractivity contribution in [1.82, 2.24) is 0 Å². The molecule has 2 aromatic rings. The van der Waals surface area contributed by atoms with Gasteiger partial charge in [-0.05, 0) is 58.7 Å². The second kappa shape index (κ2) is 5.54. The molecule has 0 aromatic heterocycles. The quantitative estimate of drug-likeness (QED) is 0.496. The summed E-state index contributed by atoms with van der Waals surface area (Å²) in [7, 11) is 0. The molecule has 4 rings (SSSR count). The lowest BCUT2D eigenvalue weighted by atomic mass is 9.83. The highest BCUT2D eigenvalue weighted by atomic mass is 16.2. The number of rotatable bonds is 4. The molecule has 0 aliphatic heterocycles. The predicted molar refractivity (Wildman–Crippen MR) is 100 cm³/mol. The van der Waals surface area contributed by atoms with Gasteiger partial charge in [0.15, 0.2) is 0 Å². The standard InChI is InChI=1S/C20H20N4O4/c21-15(25)19(16(22)26)5-11-1-9-2-13-7-20(17(23)27,18(24)28)8-14(13)4-10(9)3-12(11)6-19/h1-4H,5-8H2,(H2,21,25)(H2,22,26)(H2,23,27)(H2,24,28). The molecule has 2 aliphatic carbocycles. The molecule has 2 aromatic carbocycles. The number of hydrogen-bond acceptors (Lipinski definition) is 4. The molecule has 0 saturated heterocycles. The summed E-state index contributed by atoms with van der Waals surface area (Å²) in [5.74, 6) is -2.91. The second-order valence-electron chi connectivity index (χ2n) is 7.92. The van der Waals surface area contributed by atoms with Crippen molar-refractivity contribution in [2.45, 2.75) is 25.7 Å². The van der Waals surface area contributed by atoms with Gasteiger partial charge >= 0.3 is 0 Å². The summed E-state index contributed by atoms with van der Waals surface area (Å²) in [5.41, 5.74) is 22.4. The summed E-state index contributed by atoms with van der Waals surface area (Å²) in [6.07, 6.45) is 0.637. The highest BCUT2D eigenvalue weighted by molar-refractivity contribution is 6.06. The average Bonchev–Trinajstić information content (AvgIpc) is 3.16. The third kappa shape index (κ3) is 2.24. The monoisotopic (exact) mass is 380 g/mol. The summed E-state index contributed by atoms with van der Waals surface area (Å²) in [6.45, 7) is 0. The van der Waals surface area contributed by atoms with E-state index in [1.807, 2.05) is 24.3 Å². The van der Waals surface area contributed by atoms with Gasteiger partial charge in [0.1, 0.15) is 10.8 Å². The fourth-order valence-corrected chi connectivity index (χ4v) is 4.56. The molecular formula is C20H20N4O4. The van der Waals surface area contributed by atoms with E-state index in [4.69, 9.17) is 22.9 Å². The first-order chi connectivity index (χ1) is 13.1. The third-order valence-corrected chi connectivity index (χ3v) is 6.33. The van der Waals surface area contributed by atoms with Crippen LogP contribution in [-0.2, 0) is 44.9 Å². The Morgan fingerprint density at radius 1 is 0.536 bits per heavy atom. The van der Waals surface area contributed by atoms with Crippen molar-refractivity contribution in [1.29, 1.82) is 0 Å². The van der Waals surface area contributed by atoms with E-state index in [1.165, 1.54) is 0 Å². The topological polar surface area (TPSA) is 172 Å². The fourth-order valence-electron chi connectivity index (χ4n) is 4.56. The lowest BCUT2D eigenvalue weighted by Crippen LogP contribution is -2.48. The summed E-state index contributed by atoms with van der Waals surface area (Å²) in [4.78, 5) is 47.7. The van der Waals surface area contributed by atoms with Crippen LogP contribution < -0.4 is 22.9 Å². The number of hydrogen-bond donors (Lipinski definition) is 4. The van der Waals surface area contributed by atoms with Gasteiger partial charge in [0, 0.05) is 0 Å². The number of nitrogens with two attached hydrogens (primary N) is 4. The molecule has 0 bridgehead atoms. The molecule has 144 valence electrons. The van der Waals surface area contributed by atoms with Crippen molar-refractivity contribution in [2.24, 2.45) is 33.8 Å². The van der Waals surface area contributed by atoms with E-state index in [9.17, 15) is 19.2 Å². The van der Waals surface area contributed by atoms with Crippen molar-refractivity contribution < 1.29 is 19.2 Å². The largest absolute Gasteiger partial charge is 0.369 e. The highest BCUT2D eigenvalue weighted by Gasteiger charge is 2.49. The van der Waals surface area contributed by atoms with Gasteiger partial charge in [-0.1, -0.05) is 24.3 Å². The molecule has 8 N–H and O–H groups in total. The molecular weight excluding hydrogens is 360 g/mol. The number of amides is 4. The smallest absolute Gasteiger partial charge is 0.233 e. The maximum atomic E-state index is 11.9. The van der Waals surface area contributed by atoms with Gasteiger partial charge in [0.2, 0.25) is 23.6 Å². The fraction of sp³-hybridized carbons (Fsp3) is 0.300. The van der Waals surface area contributed by atoms with Gasteiger partial charge in [-0.2, -0.15) is 0 Å². The summed E-state index contributed by atoms with van der Waals surface area (Å²) >= 11 is 0. The summed E-state index contributed by atoms with van der Waals surface area (Å²) < 4.78 is 0. The highest BCUT2D eigenvalue weighted by Crippen LogP contribution is 2.42. The lowest BCUT2D eigenvalue weighted by Gasteiger charge is -2.20. The van der Waals surface area contributed by atoms with Gasteiger partial charge in [-0.25, -0.2) is 0 Å². The molecule has 0 fully saturated rings. The Hall–Kier alpha value is -3.42. The Kier molecular flexibility index (Phi) is 3.56. The summed E-state index contributed by atoms with van der Waals surface area (Å²) in [6, 6.07) is 7.58. The lowest BCUT2D eigenvalue weighted by molar-refractivity contribution is -0.140. The molecule has 0 unspecified atom stereocenters. The van der Waals surface area contributed by atoms with Crippen LogP contribution in [0.5, 0.6) is 0 Å². The molecule has 0 atom stereocenters. The van der Waals surface area contributed by atoms with Crippen LogP contribution in [0.2, 0.25) is 0 Å². The van der Waals surface area contributed by atoms with Crippen LogP contribution in [0.4, 0.5) is 0 Å². The van der Waals surface area contributed by atoms with E-state index in [0.717, 1.165) is 33.0 Å². The van der Waals surface area contributed by atoms with Crippen LogP contribution in [0, 0.1) is 10.8 Å². The molecule has 0 heterocycles. The molecule has 2 aliphatic rings. The SMILES string of the molecule is NC(=O)C1(C(N)=O)Cc2cc3cc4c(cc3cc2C1)CC(C(N)=O)(C(N)=O)C4. The zero-order chi connectivity index (χ0) is 20.4. The van der Waals surface area contributed by atoms with E-state index >= 15 is 0 Å². The Morgan fingerprint density at radius 2 is 0.750 bits per heavy atom. The normalized spacial score (nSPS) is 18.4. The first-order valence-electron chi connectivity index (χ1n) is 8.86. The number of carbonyl (C=O) groups is 4. The average molecular weight is 380 g/mol. The number of carbonyl (C=O) groups excluding carboxylic acids is 4. The predicted octanol–water partition coefficient (Wildman–Crippen LogP) is -1.05. The number of fused-ring (bicyclic) bond motifs is 3. The molecule has 8 heteroatoms. The van der Waals surface area contributed by atoms with Crippen molar-refractivity contribution in [3.05, 3.63) is 46.5 Å². The van der Waals surface area contributed by atoms with E-state index < -0.39 is 34.5 Å². The maximum absolute atomic E-state index is 11.9. The minimum absolute atomic E-state index is 0.159. The molecule has 0 radical (unpaired) electrons. The number of benzene rings is 2. The van der Waals surface area contributed by atoms with Gasteiger partial charge in [0.25, 0.3) is 0 Å². The molecule has 4 amide bonds. The molecule has 28 heavy (non-hydrogen) atoms. The number of primary amides is 4. The summed E-state index contributed by atoms with van der Waals surface area (Å²) in [5, 5.41) is 1.74. The van der Waals surface area contributed by atoms with E-state index in [2.05, 4.69) is 0 Å². The Labute approximate surface area is 160 Å². The van der Waals surface area contributed by atoms with Gasteiger partial charge in [-0.3, -0.25) is 19.2 Å². The van der Waals surface area contributed by atoms with Gasteiger partial charge in [-0.15, -0.1) is 0 Å². The first-order valence-corrected chi connectivity index (χ1v) is 8.86. The van der Waals surface area contributed by atoms with Crippen molar-refractivity contribution in [3.63, 3.8) is 0 Å². The molecule has 0 spiro atoms. The first kappa shape index (κ1) is 18.0. The van der Waals surface area contributed by atoms with Gasteiger partial charge in [0.05, 0.1) is 0 Å². The Bertz CT molecular complexity index is 936. The van der Waals surface area contributed by atoms with E-state index in [0.29, 0.717) is 0 Å². The minimum atomic E-state index is -1.41. The van der Waals surface area contributed by atoms with Crippen LogP contribution in [0.15, 0.2) is 24.3 Å². The van der Waals surface area contributed by atoms with Crippen LogP contribution in [-0.4, -0.2) is 23.6 Å². The Morgan fingerprint density at radius 3 is 0.929 bits per heavy atom. The minimum Gasteiger partial charge on any atom is -0.369 e. The Balaban J connectivity index is 1.80. The van der Waals surface area contributed by atoms with Crippen LogP contribution in [0.3, 0.4) is 0 Å². The third-order valence-electron chi connectivity index (χ3n) is 6.33. The van der Waals surface area contributed by atoms with E-state index in [-0.39, 0.29) is 25.7 Å². The second-order valence-corrected chi connectivity index (χ2v) is 7.92. The van der Waals surface area contributed by atoms with Gasteiger partial charge < -0.3 is 22.9 Å². The van der Waals surface area contributed by atoms with Crippen LogP contribution in [0.25, 0.3) is 10.8 Å². The van der Waals surface area contributed by atoms with Crippen LogP contribution in [0.1, 0.15) is 22.3 Å². The zero-order valence-corrected chi connectivity index (χ0v) is 15.1. The maximum Gasteiger partial charge on any atom is 0.233 e. The van der Waals surface area contributed by atoms with E-state index in [1.54, 1.807) is 0 Å². The molecule has 0 saturated carbocycles.